The predicted molar refractivity (Wildman–Crippen MR) is 150 cm³/mol. The molecule has 0 unspecified atom stereocenters. The second kappa shape index (κ2) is 9.80. The van der Waals surface area contributed by atoms with E-state index in [4.69, 9.17) is 46.4 Å². The molecule has 0 amide bonds. The van der Waals surface area contributed by atoms with E-state index in [2.05, 4.69) is 16.8 Å². The van der Waals surface area contributed by atoms with E-state index in [1.165, 1.54) is 9.36 Å². The molecule has 6 nitrogen and oxygen atoms in total. The number of H-pyrrole nitrogens is 2. The minimum atomic E-state index is -0.444. The molecule has 0 fully saturated rings. The molecule has 10 heteroatoms. The summed E-state index contributed by atoms with van der Waals surface area (Å²) < 4.78 is 2.58. The van der Waals surface area contributed by atoms with Crippen LogP contribution in [0.1, 0.15) is 16.8 Å². The largest absolute Gasteiger partial charge is 0.295 e. The van der Waals surface area contributed by atoms with Gasteiger partial charge < -0.3 is 0 Å². The van der Waals surface area contributed by atoms with Crippen molar-refractivity contribution in [1.29, 1.82) is 0 Å². The van der Waals surface area contributed by atoms with Gasteiger partial charge in [0.1, 0.15) is 0 Å². The average Bonchev–Trinajstić information content (AvgIpc) is 3.33. The Balaban J connectivity index is 1.90. The van der Waals surface area contributed by atoms with Crippen molar-refractivity contribution in [2.75, 3.05) is 0 Å². The quantitative estimate of drug-likeness (QED) is 0.310. The van der Waals surface area contributed by atoms with Crippen LogP contribution in [0.4, 0.5) is 0 Å². The van der Waals surface area contributed by atoms with Crippen LogP contribution in [0, 0.1) is 6.92 Å². The number of nitrogens with one attached hydrogen (secondary N) is 2. The number of benzene rings is 3. The van der Waals surface area contributed by atoms with E-state index in [1.807, 2.05) is 30.3 Å². The molecule has 0 saturated heterocycles. The summed E-state index contributed by atoms with van der Waals surface area (Å²) >= 11 is 25.1. The van der Waals surface area contributed by atoms with E-state index < -0.39 is 11.1 Å². The number of aryl methyl sites for hydroxylation is 1. The molecule has 2 heterocycles. The summed E-state index contributed by atoms with van der Waals surface area (Å²) in [5.41, 5.74) is 1.74. The summed E-state index contributed by atoms with van der Waals surface area (Å²) in [4.78, 5) is 27.7. The normalized spacial score (nSPS) is 12.1. The predicted octanol–water partition coefficient (Wildman–Crippen LogP) is 5.22. The molecule has 0 aliphatic carbocycles. The molecule has 5 aromatic rings. The van der Waals surface area contributed by atoms with Gasteiger partial charge in [-0.2, -0.15) is 0 Å². The molecule has 0 radical (unpaired) electrons. The van der Waals surface area contributed by atoms with Gasteiger partial charge in [-0.1, -0.05) is 83.3 Å². The van der Waals surface area contributed by atoms with Crippen molar-refractivity contribution in [3.63, 3.8) is 0 Å². The van der Waals surface area contributed by atoms with E-state index in [1.54, 1.807) is 43.3 Å². The molecule has 186 valence electrons. The molecule has 3 aromatic carbocycles. The first-order valence-corrected chi connectivity index (χ1v) is 12.5. The minimum absolute atomic E-state index is 0.214. The third-order valence-electron chi connectivity index (χ3n) is 5.90. The van der Waals surface area contributed by atoms with Crippen LogP contribution in [0.3, 0.4) is 0 Å². The highest BCUT2D eigenvalue weighted by molar-refractivity contribution is 6.35. The van der Waals surface area contributed by atoms with Gasteiger partial charge in [0.2, 0.25) is 0 Å². The Kier molecular flexibility index (Phi) is 6.68. The molecule has 0 atom stereocenters. The van der Waals surface area contributed by atoms with Gasteiger partial charge in [0.15, 0.2) is 0 Å². The van der Waals surface area contributed by atoms with Crippen LogP contribution in [-0.2, 0) is 0 Å². The Morgan fingerprint density at radius 1 is 0.757 bits per heavy atom. The number of aromatic amines is 2. The lowest BCUT2D eigenvalue weighted by atomic mass is 9.96. The second-order valence-electron chi connectivity index (χ2n) is 8.29. The van der Waals surface area contributed by atoms with Crippen LogP contribution < -0.4 is 21.7 Å². The first kappa shape index (κ1) is 25.2. The maximum absolute atomic E-state index is 13.9. The molecule has 5 rings (SSSR count). The van der Waals surface area contributed by atoms with Crippen molar-refractivity contribution in [3.05, 3.63) is 135 Å². The van der Waals surface area contributed by atoms with Crippen molar-refractivity contribution in [1.82, 2.24) is 19.6 Å². The molecular formula is C27H18Cl4N4O2. The minimum Gasteiger partial charge on any atom is -0.295 e. The molecular weight excluding hydrogens is 554 g/mol. The second-order valence-corrected chi connectivity index (χ2v) is 9.98. The lowest BCUT2D eigenvalue weighted by molar-refractivity contribution is 0.835. The third kappa shape index (κ3) is 4.47. The van der Waals surface area contributed by atoms with E-state index in [9.17, 15) is 9.59 Å². The zero-order valence-electron chi connectivity index (χ0n) is 19.3. The molecule has 0 aliphatic rings. The molecule has 0 aliphatic heterocycles. The van der Waals surface area contributed by atoms with Gasteiger partial charge in [-0.3, -0.25) is 19.8 Å². The summed E-state index contributed by atoms with van der Waals surface area (Å²) in [6, 6.07) is 18.8. The Labute approximate surface area is 230 Å². The van der Waals surface area contributed by atoms with Crippen molar-refractivity contribution in [2.45, 2.75) is 6.92 Å². The summed E-state index contributed by atoms with van der Waals surface area (Å²) in [6.07, 6.45) is 0. The van der Waals surface area contributed by atoms with Crippen molar-refractivity contribution >= 4 is 58.6 Å². The Hall–Kier alpha value is -3.42. The number of aromatic nitrogens is 4. The van der Waals surface area contributed by atoms with Gasteiger partial charge in [-0.25, -0.2) is 9.36 Å². The van der Waals surface area contributed by atoms with Crippen LogP contribution in [0.15, 0.2) is 76.3 Å². The molecule has 2 aromatic heterocycles. The van der Waals surface area contributed by atoms with E-state index in [0.717, 1.165) is 0 Å². The maximum atomic E-state index is 13.9. The third-order valence-corrected chi connectivity index (χ3v) is 7.01. The average molecular weight is 572 g/mol. The van der Waals surface area contributed by atoms with Crippen LogP contribution in [-0.4, -0.2) is 19.6 Å². The fourth-order valence-electron chi connectivity index (χ4n) is 4.25. The highest BCUT2D eigenvalue weighted by atomic mass is 35.5. The Bertz CT molecular complexity index is 1900. The van der Waals surface area contributed by atoms with Crippen molar-refractivity contribution in [3.8, 4) is 11.4 Å². The molecule has 0 spiro atoms. The van der Waals surface area contributed by atoms with Gasteiger partial charge in [-0.15, -0.1) is 0 Å². The van der Waals surface area contributed by atoms with Crippen LogP contribution in [0.25, 0.3) is 23.5 Å². The first-order chi connectivity index (χ1) is 17.7. The SMILES string of the molecule is C=c1[nH]n(-c2cc(Cl)ccc2Cl)c(=O)c1=C(c1ccccc1)c1c(C)[nH]n(-c2cc(Cl)ccc2Cl)c1=O. The molecule has 2 N–H and O–H groups in total. The Morgan fingerprint density at radius 2 is 1.30 bits per heavy atom. The summed E-state index contributed by atoms with van der Waals surface area (Å²) in [5, 5.41) is 8.04. The van der Waals surface area contributed by atoms with Crippen LogP contribution in [0.2, 0.25) is 20.1 Å². The fourth-order valence-corrected chi connectivity index (χ4v) is 4.99. The van der Waals surface area contributed by atoms with E-state index in [0.29, 0.717) is 53.6 Å². The van der Waals surface area contributed by atoms with E-state index >= 15 is 0 Å². The van der Waals surface area contributed by atoms with Gasteiger partial charge in [-0.05, 0) is 48.9 Å². The van der Waals surface area contributed by atoms with E-state index in [-0.39, 0.29) is 10.8 Å². The van der Waals surface area contributed by atoms with Gasteiger partial charge in [0.25, 0.3) is 11.1 Å². The van der Waals surface area contributed by atoms with Crippen molar-refractivity contribution < 1.29 is 0 Å². The first-order valence-electron chi connectivity index (χ1n) is 11.0. The van der Waals surface area contributed by atoms with Gasteiger partial charge in [0.05, 0.1) is 37.6 Å². The highest BCUT2D eigenvalue weighted by Crippen LogP contribution is 2.26. The number of rotatable bonds is 4. The summed E-state index contributed by atoms with van der Waals surface area (Å²) in [5.74, 6) is 0. The lowest BCUT2D eigenvalue weighted by Gasteiger charge is -2.06. The Morgan fingerprint density at radius 3 is 1.86 bits per heavy atom. The van der Waals surface area contributed by atoms with Crippen LogP contribution >= 0.6 is 46.4 Å². The number of hydrogen-bond acceptors (Lipinski definition) is 2. The lowest BCUT2D eigenvalue weighted by Crippen LogP contribution is -2.38. The standard InChI is InChI=1S/C27H18Cl4N4O2/c1-14-23(26(36)34(32-14)21-12-17(28)8-10-19(21)30)25(16-6-4-3-5-7-16)24-15(2)33-35(27(24)37)22-13-18(29)9-11-20(22)31/h3-13,32-33H,1H2,2H3. The zero-order valence-corrected chi connectivity index (χ0v) is 22.3. The smallest absolute Gasteiger partial charge is 0.279 e. The number of hydrogen-bond donors (Lipinski definition) is 2. The monoisotopic (exact) mass is 570 g/mol. The number of halogens is 4. The fraction of sp³-hybridized carbons (Fsp3) is 0.0370. The summed E-state index contributed by atoms with van der Waals surface area (Å²) in [6.45, 7) is 5.82. The van der Waals surface area contributed by atoms with Crippen LogP contribution in [0.5, 0.6) is 0 Å². The number of nitrogens with zero attached hydrogens (tertiary/aromatic N) is 2. The van der Waals surface area contributed by atoms with Gasteiger partial charge >= 0.3 is 0 Å². The molecule has 37 heavy (non-hydrogen) atoms. The molecule has 0 saturated carbocycles. The van der Waals surface area contributed by atoms with Crippen molar-refractivity contribution in [2.24, 2.45) is 0 Å². The topological polar surface area (TPSA) is 75.6 Å². The molecule has 0 bridgehead atoms. The maximum Gasteiger partial charge on any atom is 0.279 e. The van der Waals surface area contributed by atoms with Gasteiger partial charge in [0, 0.05) is 21.3 Å². The zero-order chi connectivity index (χ0) is 26.4. The highest BCUT2D eigenvalue weighted by Gasteiger charge is 2.22. The summed E-state index contributed by atoms with van der Waals surface area (Å²) in [7, 11) is 0.